The Bertz CT molecular complexity index is 435. The van der Waals surface area contributed by atoms with Gasteiger partial charge < -0.3 is 5.11 Å². The van der Waals surface area contributed by atoms with Crippen molar-refractivity contribution in [3.63, 3.8) is 0 Å². The summed E-state index contributed by atoms with van der Waals surface area (Å²) in [7, 11) is 0. The first kappa shape index (κ1) is 12.3. The molecule has 2 rings (SSSR count). The monoisotopic (exact) mass is 246 g/mol. The summed E-state index contributed by atoms with van der Waals surface area (Å²) in [6.45, 7) is 2.11. The second-order valence-corrected chi connectivity index (χ2v) is 5.44. The molecule has 0 radical (unpaired) electrons. The predicted octanol–water partition coefficient (Wildman–Crippen LogP) is 3.98. The Labute approximate surface area is 107 Å². The minimum atomic E-state index is -0.721. The molecule has 0 amide bonds. The first-order valence-corrected chi connectivity index (χ1v) is 6.93. The highest BCUT2D eigenvalue weighted by Gasteiger charge is 2.28. The molecule has 1 N–H and O–H groups in total. The Morgan fingerprint density at radius 2 is 1.88 bits per heavy atom. The normalized spacial score (nSPS) is 14.5. The van der Waals surface area contributed by atoms with Crippen molar-refractivity contribution in [1.82, 2.24) is 0 Å². The maximum atomic E-state index is 10.9. The topological polar surface area (TPSA) is 20.2 Å². The number of rotatable bonds is 5. The molecule has 0 aliphatic heterocycles. The smallest absolute Gasteiger partial charge is 0.0944 e. The van der Waals surface area contributed by atoms with E-state index in [0.717, 1.165) is 18.4 Å². The highest BCUT2D eigenvalue weighted by atomic mass is 32.1. The molecule has 1 aromatic carbocycles. The van der Waals surface area contributed by atoms with Gasteiger partial charge in [-0.15, -0.1) is 11.3 Å². The van der Waals surface area contributed by atoms with E-state index in [-0.39, 0.29) is 0 Å². The third kappa shape index (κ3) is 2.96. The van der Waals surface area contributed by atoms with Gasteiger partial charge in [-0.2, -0.15) is 0 Å². The summed E-state index contributed by atoms with van der Waals surface area (Å²) in [5.74, 6) is 0. The van der Waals surface area contributed by atoms with Gasteiger partial charge in [0.05, 0.1) is 5.60 Å². The van der Waals surface area contributed by atoms with E-state index in [9.17, 15) is 5.11 Å². The lowest BCUT2D eigenvalue weighted by Gasteiger charge is -2.28. The minimum absolute atomic E-state index is 0.711. The molecule has 0 bridgehead atoms. The quantitative estimate of drug-likeness (QED) is 0.846. The van der Waals surface area contributed by atoms with Crippen LogP contribution in [0, 0.1) is 0 Å². The molecule has 17 heavy (non-hydrogen) atoms. The summed E-state index contributed by atoms with van der Waals surface area (Å²) in [5, 5.41) is 12.9. The van der Waals surface area contributed by atoms with Gasteiger partial charge in [0, 0.05) is 11.3 Å². The van der Waals surface area contributed by atoms with Gasteiger partial charge in [0.25, 0.3) is 0 Å². The molecule has 0 spiro atoms. The fourth-order valence-electron chi connectivity index (χ4n) is 2.20. The van der Waals surface area contributed by atoms with E-state index in [1.165, 1.54) is 4.88 Å². The molecule has 1 nitrogen and oxygen atoms in total. The van der Waals surface area contributed by atoms with Crippen LogP contribution in [0.2, 0.25) is 0 Å². The zero-order valence-corrected chi connectivity index (χ0v) is 10.9. The van der Waals surface area contributed by atoms with Gasteiger partial charge in [0.1, 0.15) is 0 Å². The summed E-state index contributed by atoms with van der Waals surface area (Å²) in [4.78, 5) is 1.24. The molecule has 0 fully saturated rings. The number of hydrogen-bond acceptors (Lipinski definition) is 2. The summed E-state index contributed by atoms with van der Waals surface area (Å²) < 4.78 is 0. The van der Waals surface area contributed by atoms with Crippen molar-refractivity contribution in [2.24, 2.45) is 0 Å². The van der Waals surface area contributed by atoms with Gasteiger partial charge in [-0.3, -0.25) is 0 Å². The van der Waals surface area contributed by atoms with Crippen LogP contribution in [0.25, 0.3) is 0 Å². The summed E-state index contributed by atoms with van der Waals surface area (Å²) in [5.41, 5.74) is 0.302. The van der Waals surface area contributed by atoms with Crippen molar-refractivity contribution in [3.05, 3.63) is 58.3 Å². The molecule has 1 unspecified atom stereocenters. The van der Waals surface area contributed by atoms with Crippen LogP contribution in [-0.4, -0.2) is 5.11 Å². The average molecular weight is 246 g/mol. The van der Waals surface area contributed by atoms with Gasteiger partial charge in [0.15, 0.2) is 0 Å². The molecule has 1 heterocycles. The van der Waals surface area contributed by atoms with Crippen molar-refractivity contribution in [1.29, 1.82) is 0 Å². The minimum Gasteiger partial charge on any atom is -0.385 e. The average Bonchev–Trinajstić information content (AvgIpc) is 2.83. The van der Waals surface area contributed by atoms with E-state index >= 15 is 0 Å². The third-order valence-corrected chi connectivity index (χ3v) is 3.90. The standard InChI is InChI=1S/C15H18OS/c1-2-10-15(16,12-14-9-6-11-17-14)13-7-4-3-5-8-13/h3-9,11,16H,2,10,12H2,1H3. The van der Waals surface area contributed by atoms with Crippen molar-refractivity contribution in [2.45, 2.75) is 31.8 Å². The molecule has 0 aliphatic carbocycles. The fraction of sp³-hybridized carbons (Fsp3) is 0.333. The summed E-state index contributed by atoms with van der Waals surface area (Å²) >= 11 is 1.71. The molecule has 1 aromatic heterocycles. The molecule has 1 atom stereocenters. The SMILES string of the molecule is CCCC(O)(Cc1cccs1)c1ccccc1. The van der Waals surface area contributed by atoms with Crippen LogP contribution < -0.4 is 0 Å². The Balaban J connectivity index is 2.26. The molecule has 2 heteroatoms. The van der Waals surface area contributed by atoms with E-state index in [4.69, 9.17) is 0 Å². The molecular weight excluding hydrogens is 228 g/mol. The van der Waals surface area contributed by atoms with Crippen LogP contribution >= 0.6 is 11.3 Å². The third-order valence-electron chi connectivity index (χ3n) is 3.02. The van der Waals surface area contributed by atoms with Crippen LogP contribution in [0.5, 0.6) is 0 Å². The number of aliphatic hydroxyl groups is 1. The number of thiophene rings is 1. The maximum absolute atomic E-state index is 10.9. The number of benzene rings is 1. The van der Waals surface area contributed by atoms with Crippen LogP contribution in [-0.2, 0) is 12.0 Å². The Morgan fingerprint density at radius 1 is 1.12 bits per heavy atom. The Kier molecular flexibility index (Phi) is 3.97. The first-order chi connectivity index (χ1) is 8.24. The summed E-state index contributed by atoms with van der Waals surface area (Å²) in [6.07, 6.45) is 2.49. The van der Waals surface area contributed by atoms with Crippen LogP contribution in [0.4, 0.5) is 0 Å². The van der Waals surface area contributed by atoms with Crippen LogP contribution in [0.15, 0.2) is 47.8 Å². The van der Waals surface area contributed by atoms with Crippen molar-refractivity contribution in [2.75, 3.05) is 0 Å². The van der Waals surface area contributed by atoms with E-state index in [0.29, 0.717) is 6.42 Å². The van der Waals surface area contributed by atoms with Crippen molar-refractivity contribution in [3.8, 4) is 0 Å². The lowest BCUT2D eigenvalue weighted by Crippen LogP contribution is -2.28. The van der Waals surface area contributed by atoms with Gasteiger partial charge in [-0.05, 0) is 23.4 Å². The van der Waals surface area contributed by atoms with E-state index in [2.05, 4.69) is 18.4 Å². The molecule has 0 saturated carbocycles. The Hall–Kier alpha value is -1.12. The summed E-state index contributed by atoms with van der Waals surface area (Å²) in [6, 6.07) is 14.1. The van der Waals surface area contributed by atoms with E-state index in [1.807, 2.05) is 36.4 Å². The molecule has 0 aliphatic rings. The Morgan fingerprint density at radius 3 is 2.47 bits per heavy atom. The largest absolute Gasteiger partial charge is 0.385 e. The number of hydrogen-bond donors (Lipinski definition) is 1. The highest BCUT2D eigenvalue weighted by molar-refractivity contribution is 7.09. The maximum Gasteiger partial charge on any atom is 0.0944 e. The van der Waals surface area contributed by atoms with Gasteiger partial charge >= 0.3 is 0 Å². The highest BCUT2D eigenvalue weighted by Crippen LogP contribution is 2.31. The van der Waals surface area contributed by atoms with Crippen LogP contribution in [0.3, 0.4) is 0 Å². The van der Waals surface area contributed by atoms with Crippen molar-refractivity contribution < 1.29 is 5.11 Å². The van der Waals surface area contributed by atoms with Crippen LogP contribution in [0.1, 0.15) is 30.2 Å². The van der Waals surface area contributed by atoms with Gasteiger partial charge in [-0.1, -0.05) is 49.7 Å². The van der Waals surface area contributed by atoms with Crippen molar-refractivity contribution >= 4 is 11.3 Å². The molecule has 0 saturated heterocycles. The molecular formula is C15H18OS. The zero-order valence-electron chi connectivity index (χ0n) is 10.1. The second kappa shape index (κ2) is 5.48. The second-order valence-electron chi connectivity index (χ2n) is 4.40. The lowest BCUT2D eigenvalue weighted by molar-refractivity contribution is 0.0277. The van der Waals surface area contributed by atoms with E-state index < -0.39 is 5.60 Å². The van der Waals surface area contributed by atoms with Gasteiger partial charge in [0.2, 0.25) is 0 Å². The predicted molar refractivity (Wildman–Crippen MR) is 73.3 cm³/mol. The molecule has 2 aromatic rings. The first-order valence-electron chi connectivity index (χ1n) is 6.05. The van der Waals surface area contributed by atoms with E-state index in [1.54, 1.807) is 11.3 Å². The lowest BCUT2D eigenvalue weighted by atomic mass is 9.86. The molecule has 90 valence electrons. The zero-order chi connectivity index (χ0) is 12.1. The fourth-order valence-corrected chi connectivity index (χ4v) is 3.01. The van der Waals surface area contributed by atoms with Gasteiger partial charge in [-0.25, -0.2) is 0 Å².